The van der Waals surface area contributed by atoms with E-state index in [2.05, 4.69) is 37.4 Å². The largest absolute Gasteiger partial charge is 0.303 e. The monoisotopic (exact) mass is 212 g/mol. The highest BCUT2D eigenvalue weighted by molar-refractivity contribution is 7.80. The van der Waals surface area contributed by atoms with Crippen LogP contribution in [0, 0.1) is 22.7 Å². The van der Waals surface area contributed by atoms with Crippen LogP contribution in [0.4, 0.5) is 0 Å². The Morgan fingerprint density at radius 3 is 2.43 bits per heavy atom. The molecule has 1 rings (SSSR count). The SMILES string of the molecule is CC(C)(CS)CN1CCC(C#N)CC1. The summed E-state index contributed by atoms with van der Waals surface area (Å²) in [5.74, 6) is 1.22. The van der Waals surface area contributed by atoms with Gasteiger partial charge < -0.3 is 4.90 Å². The minimum Gasteiger partial charge on any atom is -0.303 e. The standard InChI is InChI=1S/C11H20N2S/c1-11(2,9-14)8-13-5-3-10(7-12)4-6-13/h10,14H,3-6,8-9H2,1-2H3. The molecule has 0 saturated carbocycles. The van der Waals surface area contributed by atoms with E-state index in [0.717, 1.165) is 38.2 Å². The van der Waals surface area contributed by atoms with Crippen LogP contribution in [-0.4, -0.2) is 30.3 Å². The van der Waals surface area contributed by atoms with Crippen LogP contribution in [0.5, 0.6) is 0 Å². The summed E-state index contributed by atoms with van der Waals surface area (Å²) in [6, 6.07) is 2.36. The summed E-state index contributed by atoms with van der Waals surface area (Å²) >= 11 is 4.36. The molecular weight excluding hydrogens is 192 g/mol. The Morgan fingerprint density at radius 2 is 2.00 bits per heavy atom. The second kappa shape index (κ2) is 5.04. The van der Waals surface area contributed by atoms with E-state index in [0.29, 0.717) is 11.3 Å². The van der Waals surface area contributed by atoms with Gasteiger partial charge in [-0.1, -0.05) is 13.8 Å². The molecule has 1 fully saturated rings. The summed E-state index contributed by atoms with van der Waals surface area (Å²) in [7, 11) is 0. The van der Waals surface area contributed by atoms with Gasteiger partial charge in [-0.2, -0.15) is 17.9 Å². The maximum atomic E-state index is 8.78. The average Bonchev–Trinajstić information content (AvgIpc) is 2.19. The molecule has 0 bridgehead atoms. The molecule has 14 heavy (non-hydrogen) atoms. The fraction of sp³-hybridized carbons (Fsp3) is 0.909. The Kier molecular flexibility index (Phi) is 4.28. The van der Waals surface area contributed by atoms with Crippen LogP contribution in [0.2, 0.25) is 0 Å². The van der Waals surface area contributed by atoms with Crippen LogP contribution < -0.4 is 0 Å². The first-order valence-corrected chi connectivity index (χ1v) is 5.93. The van der Waals surface area contributed by atoms with E-state index in [1.807, 2.05) is 0 Å². The molecule has 0 spiro atoms. The van der Waals surface area contributed by atoms with Gasteiger partial charge in [0.2, 0.25) is 0 Å². The van der Waals surface area contributed by atoms with Gasteiger partial charge >= 0.3 is 0 Å². The molecule has 2 nitrogen and oxygen atoms in total. The van der Waals surface area contributed by atoms with E-state index in [1.165, 1.54) is 0 Å². The first-order valence-electron chi connectivity index (χ1n) is 5.30. The zero-order valence-electron chi connectivity index (χ0n) is 9.16. The van der Waals surface area contributed by atoms with Crippen LogP contribution in [0.3, 0.4) is 0 Å². The third-order valence-electron chi connectivity index (χ3n) is 2.85. The van der Waals surface area contributed by atoms with Crippen molar-refractivity contribution in [2.24, 2.45) is 11.3 Å². The van der Waals surface area contributed by atoms with Gasteiger partial charge in [-0.3, -0.25) is 0 Å². The van der Waals surface area contributed by atoms with Crippen LogP contribution >= 0.6 is 12.6 Å². The molecule has 0 aromatic carbocycles. The van der Waals surface area contributed by atoms with Crippen molar-refractivity contribution >= 4 is 12.6 Å². The van der Waals surface area contributed by atoms with Gasteiger partial charge in [0.1, 0.15) is 0 Å². The number of likely N-dealkylation sites (tertiary alicyclic amines) is 1. The third kappa shape index (κ3) is 3.51. The zero-order valence-corrected chi connectivity index (χ0v) is 10.1. The van der Waals surface area contributed by atoms with Crippen LogP contribution in [-0.2, 0) is 0 Å². The molecular formula is C11H20N2S. The summed E-state index contributed by atoms with van der Waals surface area (Å²) in [5, 5.41) is 8.78. The first kappa shape index (κ1) is 11.9. The second-order valence-corrected chi connectivity index (χ2v) is 5.32. The molecule has 0 radical (unpaired) electrons. The molecule has 0 aromatic heterocycles. The molecule has 0 unspecified atom stereocenters. The van der Waals surface area contributed by atoms with Crippen molar-refractivity contribution in [2.45, 2.75) is 26.7 Å². The molecule has 0 aliphatic carbocycles. The van der Waals surface area contributed by atoms with E-state index in [9.17, 15) is 0 Å². The van der Waals surface area contributed by atoms with Gasteiger partial charge in [0.05, 0.1) is 6.07 Å². The van der Waals surface area contributed by atoms with Gasteiger partial charge in [-0.05, 0) is 37.1 Å². The lowest BCUT2D eigenvalue weighted by Crippen LogP contribution is -2.40. The Bertz CT molecular complexity index is 212. The minimum atomic E-state index is 0.294. The highest BCUT2D eigenvalue weighted by atomic mass is 32.1. The fourth-order valence-electron chi connectivity index (χ4n) is 1.88. The zero-order chi connectivity index (χ0) is 10.6. The van der Waals surface area contributed by atoms with Gasteiger partial charge in [0.25, 0.3) is 0 Å². The van der Waals surface area contributed by atoms with E-state index in [1.54, 1.807) is 0 Å². The summed E-state index contributed by atoms with van der Waals surface area (Å²) in [5.41, 5.74) is 0.294. The van der Waals surface area contributed by atoms with Crippen molar-refractivity contribution in [3.05, 3.63) is 0 Å². The van der Waals surface area contributed by atoms with Crippen molar-refractivity contribution in [2.75, 3.05) is 25.4 Å². The highest BCUT2D eigenvalue weighted by Crippen LogP contribution is 2.23. The van der Waals surface area contributed by atoms with Crippen molar-refractivity contribution in [3.63, 3.8) is 0 Å². The fourth-order valence-corrected chi connectivity index (χ4v) is 1.98. The molecule has 1 saturated heterocycles. The van der Waals surface area contributed by atoms with E-state index >= 15 is 0 Å². The molecule has 0 N–H and O–H groups in total. The maximum absolute atomic E-state index is 8.78. The summed E-state index contributed by atoms with van der Waals surface area (Å²) in [6.07, 6.45) is 2.08. The Morgan fingerprint density at radius 1 is 1.43 bits per heavy atom. The van der Waals surface area contributed by atoms with E-state index in [4.69, 9.17) is 5.26 Å². The van der Waals surface area contributed by atoms with Crippen molar-refractivity contribution < 1.29 is 0 Å². The lowest BCUT2D eigenvalue weighted by molar-refractivity contribution is 0.152. The Labute approximate surface area is 92.7 Å². The van der Waals surface area contributed by atoms with Gasteiger partial charge in [-0.15, -0.1) is 0 Å². The molecule has 0 aromatic rings. The minimum absolute atomic E-state index is 0.294. The maximum Gasteiger partial charge on any atom is 0.0656 e. The molecule has 1 aliphatic heterocycles. The van der Waals surface area contributed by atoms with Gasteiger partial charge in [0, 0.05) is 12.5 Å². The van der Waals surface area contributed by atoms with Crippen molar-refractivity contribution in [3.8, 4) is 6.07 Å². The lowest BCUT2D eigenvalue weighted by atomic mass is 9.92. The lowest BCUT2D eigenvalue weighted by Gasteiger charge is -2.35. The number of nitriles is 1. The molecule has 3 heteroatoms. The first-order chi connectivity index (χ1) is 6.57. The Balaban J connectivity index is 2.33. The van der Waals surface area contributed by atoms with Gasteiger partial charge in [-0.25, -0.2) is 0 Å². The normalized spacial score (nSPS) is 20.7. The summed E-state index contributed by atoms with van der Waals surface area (Å²) in [6.45, 7) is 7.76. The van der Waals surface area contributed by atoms with Crippen molar-refractivity contribution in [1.82, 2.24) is 4.90 Å². The topological polar surface area (TPSA) is 27.0 Å². The Hall–Kier alpha value is -0.200. The van der Waals surface area contributed by atoms with E-state index in [-0.39, 0.29) is 0 Å². The molecule has 0 amide bonds. The second-order valence-electron chi connectivity index (χ2n) is 5.00. The number of rotatable bonds is 3. The average molecular weight is 212 g/mol. The molecule has 1 aliphatic rings. The predicted molar refractivity (Wildman–Crippen MR) is 62.4 cm³/mol. The number of nitrogens with zero attached hydrogens (tertiary/aromatic N) is 2. The quantitative estimate of drug-likeness (QED) is 0.726. The molecule has 80 valence electrons. The number of piperidine rings is 1. The van der Waals surface area contributed by atoms with Crippen LogP contribution in [0.25, 0.3) is 0 Å². The van der Waals surface area contributed by atoms with Crippen molar-refractivity contribution in [1.29, 1.82) is 5.26 Å². The molecule has 0 atom stereocenters. The number of thiol groups is 1. The molecule has 1 heterocycles. The summed E-state index contributed by atoms with van der Waals surface area (Å²) < 4.78 is 0. The van der Waals surface area contributed by atoms with Gasteiger partial charge in [0.15, 0.2) is 0 Å². The smallest absolute Gasteiger partial charge is 0.0656 e. The predicted octanol–water partition coefficient (Wildman–Crippen LogP) is 2.18. The van der Waals surface area contributed by atoms with Crippen LogP contribution in [0.15, 0.2) is 0 Å². The number of hydrogen-bond donors (Lipinski definition) is 1. The van der Waals surface area contributed by atoms with Crippen LogP contribution in [0.1, 0.15) is 26.7 Å². The summed E-state index contributed by atoms with van der Waals surface area (Å²) in [4.78, 5) is 2.46. The third-order valence-corrected chi connectivity index (χ3v) is 3.71. The number of hydrogen-bond acceptors (Lipinski definition) is 3. The van der Waals surface area contributed by atoms with E-state index < -0.39 is 0 Å². The highest BCUT2D eigenvalue weighted by Gasteiger charge is 2.24.